The van der Waals surface area contributed by atoms with Gasteiger partial charge in [-0.15, -0.1) is 0 Å². The minimum Gasteiger partial charge on any atom is -0.464 e. The summed E-state index contributed by atoms with van der Waals surface area (Å²) in [5.74, 6) is 0.0851. The first-order chi connectivity index (χ1) is 18.6. The zero-order valence-corrected chi connectivity index (χ0v) is 24.4. The third-order valence-electron chi connectivity index (χ3n) is 11.9. The predicted octanol–water partition coefficient (Wildman–Crippen LogP) is 4.21. The third kappa shape index (κ3) is 4.04. The molecule has 1 saturated heterocycles. The van der Waals surface area contributed by atoms with E-state index in [1.54, 1.807) is 26.2 Å². The highest BCUT2D eigenvalue weighted by molar-refractivity contribution is 5.95. The highest BCUT2D eigenvalue weighted by Gasteiger charge is 2.71. The Morgan fingerprint density at radius 3 is 2.50 bits per heavy atom. The largest absolute Gasteiger partial charge is 0.464 e. The first-order valence-electron chi connectivity index (χ1n) is 15.1. The fourth-order valence-corrected chi connectivity index (χ4v) is 9.60. The van der Waals surface area contributed by atoms with Gasteiger partial charge in [-0.3, -0.25) is 4.79 Å². The number of ether oxygens (including phenoxy) is 2. The normalized spacial score (nSPS) is 48.9. The monoisotopic (exact) mass is 558 g/mol. The van der Waals surface area contributed by atoms with Crippen LogP contribution < -0.4 is 0 Å². The van der Waals surface area contributed by atoms with E-state index in [9.17, 15) is 25.2 Å². The van der Waals surface area contributed by atoms with Crippen LogP contribution in [0.25, 0.3) is 0 Å². The van der Waals surface area contributed by atoms with Gasteiger partial charge >= 0.3 is 0 Å². The molecule has 6 rings (SSSR count). The molecule has 4 aliphatic carbocycles. The molecule has 1 aromatic heterocycles. The number of aliphatic hydroxyl groups excluding tert-OH is 2. The number of furan rings is 1. The molecule has 0 radical (unpaired) electrons. The SMILES string of the molecule is CC(C)(O)CC[C@H]1O[C@@H](c2ccco2)O[C@]1(C)[C@H]1CC[C@@]2(O)C3=CC(=O)[C@@H]4C[C@@H](O)[C@@H](O)C[C@]4(C)[C@H]3CC[C@]12C. The summed E-state index contributed by atoms with van der Waals surface area (Å²) < 4.78 is 18.9. The van der Waals surface area contributed by atoms with Crippen molar-refractivity contribution in [3.05, 3.63) is 35.8 Å². The maximum atomic E-state index is 13.5. The molecule has 4 fully saturated rings. The molecule has 0 spiro atoms. The minimum atomic E-state index is -1.19. The number of carbonyl (C=O) groups is 1. The molecule has 3 saturated carbocycles. The Hall–Kier alpha value is -1.55. The summed E-state index contributed by atoms with van der Waals surface area (Å²) in [6, 6.07) is 3.65. The van der Waals surface area contributed by atoms with E-state index < -0.39 is 46.1 Å². The smallest absolute Gasteiger partial charge is 0.218 e. The standard InChI is InChI=1S/C32H46O8/c1-28(2,36)11-10-26-31(5,40-27(39-26)24-7-6-14-38-24)25-9-13-32(37)19-15-21(33)20-16-22(34)23(35)17-29(20,3)18(19)8-12-30(25,32)4/h6-7,14-15,18,20,22-23,25-27,34-37H,8-13,16-17H2,1-5H3/t18-,20-,22+,23-,25-,26+,27+,29+,30+,31+,32+/m0/s1. The number of carbonyl (C=O) groups excluding carboxylic acids is 1. The van der Waals surface area contributed by atoms with Gasteiger partial charge in [-0.2, -0.15) is 0 Å². The number of hydrogen-bond donors (Lipinski definition) is 4. The first-order valence-corrected chi connectivity index (χ1v) is 15.1. The topological polar surface area (TPSA) is 130 Å². The van der Waals surface area contributed by atoms with Crippen molar-refractivity contribution in [3.63, 3.8) is 0 Å². The summed E-state index contributed by atoms with van der Waals surface area (Å²) >= 11 is 0. The van der Waals surface area contributed by atoms with Crippen LogP contribution in [-0.2, 0) is 14.3 Å². The molecule has 8 nitrogen and oxygen atoms in total. The van der Waals surface area contributed by atoms with Crippen LogP contribution in [0.1, 0.15) is 98.0 Å². The number of rotatable bonds is 5. The van der Waals surface area contributed by atoms with Gasteiger partial charge in [0.1, 0.15) is 0 Å². The fourth-order valence-electron chi connectivity index (χ4n) is 9.60. The summed E-state index contributed by atoms with van der Waals surface area (Å²) in [6.07, 6.45) is 5.00. The molecule has 0 aromatic carbocycles. The van der Waals surface area contributed by atoms with Crippen molar-refractivity contribution in [1.29, 1.82) is 0 Å². The number of hydrogen-bond acceptors (Lipinski definition) is 8. The zero-order valence-electron chi connectivity index (χ0n) is 24.4. The van der Waals surface area contributed by atoms with Crippen molar-refractivity contribution >= 4 is 5.78 Å². The quantitative estimate of drug-likeness (QED) is 0.423. The molecule has 5 aliphatic rings. The molecular weight excluding hydrogens is 512 g/mol. The second-order valence-electron chi connectivity index (χ2n) is 14.7. The summed E-state index contributed by atoms with van der Waals surface area (Å²) in [5, 5.41) is 44.2. The lowest BCUT2D eigenvalue weighted by Crippen LogP contribution is -2.62. The molecule has 8 heteroatoms. The number of ketones is 1. The molecule has 0 bridgehead atoms. The summed E-state index contributed by atoms with van der Waals surface area (Å²) in [5.41, 5.74) is -3.09. The Morgan fingerprint density at radius 1 is 1.07 bits per heavy atom. The molecule has 1 aliphatic heterocycles. The number of fused-ring (bicyclic) bond motifs is 5. The molecule has 0 unspecified atom stereocenters. The van der Waals surface area contributed by atoms with Crippen LogP contribution in [0.15, 0.2) is 34.5 Å². The van der Waals surface area contributed by atoms with Gasteiger partial charge in [0.05, 0.1) is 41.4 Å². The van der Waals surface area contributed by atoms with E-state index in [4.69, 9.17) is 13.9 Å². The van der Waals surface area contributed by atoms with Crippen LogP contribution in [0.4, 0.5) is 0 Å². The van der Waals surface area contributed by atoms with Crippen LogP contribution in [0.3, 0.4) is 0 Å². The third-order valence-corrected chi connectivity index (χ3v) is 11.9. The highest BCUT2D eigenvalue weighted by Crippen LogP contribution is 2.70. The van der Waals surface area contributed by atoms with Crippen LogP contribution in [0.2, 0.25) is 0 Å². The van der Waals surface area contributed by atoms with E-state index in [0.717, 1.165) is 18.4 Å². The van der Waals surface area contributed by atoms with Gasteiger partial charge in [0, 0.05) is 11.3 Å². The Labute approximate surface area is 236 Å². The van der Waals surface area contributed by atoms with Crippen LogP contribution >= 0.6 is 0 Å². The van der Waals surface area contributed by atoms with Crippen molar-refractivity contribution in [2.75, 3.05) is 0 Å². The van der Waals surface area contributed by atoms with Crippen molar-refractivity contribution < 1.29 is 39.1 Å². The van der Waals surface area contributed by atoms with Gasteiger partial charge < -0.3 is 34.3 Å². The van der Waals surface area contributed by atoms with Gasteiger partial charge in [0.25, 0.3) is 0 Å². The average molecular weight is 559 g/mol. The van der Waals surface area contributed by atoms with Gasteiger partial charge in [0.15, 0.2) is 11.5 Å². The fraction of sp³-hybridized carbons (Fsp3) is 0.781. The number of aliphatic hydroxyl groups is 4. The Balaban J connectivity index is 1.35. The minimum absolute atomic E-state index is 0.0374. The van der Waals surface area contributed by atoms with Gasteiger partial charge in [0.2, 0.25) is 6.29 Å². The van der Waals surface area contributed by atoms with E-state index in [1.165, 1.54) is 0 Å². The number of allylic oxidation sites excluding steroid dienone is 1. The van der Waals surface area contributed by atoms with Crippen molar-refractivity contribution in [3.8, 4) is 0 Å². The second kappa shape index (κ2) is 9.22. The van der Waals surface area contributed by atoms with Crippen molar-refractivity contribution in [1.82, 2.24) is 0 Å². The van der Waals surface area contributed by atoms with Gasteiger partial charge in [-0.05, 0) is 113 Å². The van der Waals surface area contributed by atoms with E-state index in [-0.39, 0.29) is 36.1 Å². The molecular formula is C32H46O8. The second-order valence-corrected chi connectivity index (χ2v) is 14.7. The van der Waals surface area contributed by atoms with Gasteiger partial charge in [-0.25, -0.2) is 0 Å². The zero-order chi connectivity index (χ0) is 28.9. The maximum Gasteiger partial charge on any atom is 0.218 e. The average Bonchev–Trinajstić information content (AvgIpc) is 3.57. The predicted molar refractivity (Wildman–Crippen MR) is 146 cm³/mol. The molecule has 11 atom stereocenters. The first kappa shape index (κ1) is 28.6. The Bertz CT molecular complexity index is 1170. The molecule has 2 heterocycles. The van der Waals surface area contributed by atoms with Crippen molar-refractivity contribution in [2.45, 2.75) is 127 Å². The summed E-state index contributed by atoms with van der Waals surface area (Å²) in [6.45, 7) is 9.87. The summed E-state index contributed by atoms with van der Waals surface area (Å²) in [7, 11) is 0. The van der Waals surface area contributed by atoms with E-state index in [2.05, 4.69) is 20.8 Å². The highest BCUT2D eigenvalue weighted by atomic mass is 16.7. The lowest BCUT2D eigenvalue weighted by molar-refractivity contribution is -0.170. The van der Waals surface area contributed by atoms with Crippen LogP contribution in [0, 0.1) is 28.6 Å². The van der Waals surface area contributed by atoms with Crippen LogP contribution in [0.5, 0.6) is 0 Å². The molecule has 1 aromatic rings. The molecule has 40 heavy (non-hydrogen) atoms. The Kier molecular flexibility index (Phi) is 6.59. The van der Waals surface area contributed by atoms with Gasteiger partial charge in [-0.1, -0.05) is 13.8 Å². The lowest BCUT2D eigenvalue weighted by Gasteiger charge is -2.60. The summed E-state index contributed by atoms with van der Waals surface area (Å²) in [4.78, 5) is 13.5. The van der Waals surface area contributed by atoms with E-state index in [0.29, 0.717) is 37.9 Å². The van der Waals surface area contributed by atoms with E-state index >= 15 is 0 Å². The van der Waals surface area contributed by atoms with Crippen LogP contribution in [-0.4, -0.2) is 61.3 Å². The molecule has 222 valence electrons. The lowest BCUT2D eigenvalue weighted by atomic mass is 9.45. The Morgan fingerprint density at radius 2 is 1.82 bits per heavy atom. The van der Waals surface area contributed by atoms with Crippen molar-refractivity contribution in [2.24, 2.45) is 28.6 Å². The van der Waals surface area contributed by atoms with E-state index in [1.807, 2.05) is 12.1 Å². The molecule has 0 amide bonds. The maximum absolute atomic E-state index is 13.5. The molecule has 4 N–H and O–H groups in total.